The van der Waals surface area contributed by atoms with E-state index in [-0.39, 0.29) is 24.8 Å². The molecule has 1 N–H and O–H groups in total. The molecule has 3 rings (SSSR count). The minimum Gasteiger partial charge on any atom is -0.481 e. The van der Waals surface area contributed by atoms with Crippen molar-refractivity contribution >= 4 is 22.9 Å². The standard InChI is InChI=1S/C16H20N4O3/c21-15(11-20-14-6-2-1-5-13(14)17-18-20)19-9-3-4-12(10-19)7-8-16(22)23/h1-2,5-6,12H,3-4,7-11H2,(H,22,23)/t12-/m0/s1. The van der Waals surface area contributed by atoms with E-state index in [0.29, 0.717) is 13.0 Å². The van der Waals surface area contributed by atoms with E-state index in [1.165, 1.54) is 0 Å². The van der Waals surface area contributed by atoms with E-state index in [9.17, 15) is 9.59 Å². The van der Waals surface area contributed by atoms with Gasteiger partial charge in [-0.1, -0.05) is 17.3 Å². The van der Waals surface area contributed by atoms with Gasteiger partial charge in [0.25, 0.3) is 0 Å². The van der Waals surface area contributed by atoms with Gasteiger partial charge in [-0.05, 0) is 37.3 Å². The number of aromatic nitrogens is 3. The molecule has 7 nitrogen and oxygen atoms in total. The summed E-state index contributed by atoms with van der Waals surface area (Å²) in [6.07, 6.45) is 2.71. The maximum absolute atomic E-state index is 12.5. The zero-order chi connectivity index (χ0) is 16.2. The summed E-state index contributed by atoms with van der Waals surface area (Å²) in [4.78, 5) is 25.0. The molecule has 1 amide bonds. The van der Waals surface area contributed by atoms with Gasteiger partial charge in [0.15, 0.2) is 0 Å². The summed E-state index contributed by atoms with van der Waals surface area (Å²) >= 11 is 0. The highest BCUT2D eigenvalue weighted by atomic mass is 16.4. The molecule has 23 heavy (non-hydrogen) atoms. The quantitative estimate of drug-likeness (QED) is 0.904. The Kier molecular flexibility index (Phi) is 4.55. The first-order valence-corrected chi connectivity index (χ1v) is 7.91. The van der Waals surface area contributed by atoms with Crippen LogP contribution in [0.3, 0.4) is 0 Å². The Morgan fingerprint density at radius 3 is 2.96 bits per heavy atom. The van der Waals surface area contributed by atoms with Crippen LogP contribution in [0.15, 0.2) is 24.3 Å². The van der Waals surface area contributed by atoms with Gasteiger partial charge < -0.3 is 10.0 Å². The number of hydrogen-bond donors (Lipinski definition) is 1. The molecule has 0 spiro atoms. The van der Waals surface area contributed by atoms with E-state index in [4.69, 9.17) is 5.11 Å². The Bertz CT molecular complexity index is 712. The summed E-state index contributed by atoms with van der Waals surface area (Å²) < 4.78 is 1.62. The van der Waals surface area contributed by atoms with Crippen molar-refractivity contribution in [3.63, 3.8) is 0 Å². The molecule has 122 valence electrons. The topological polar surface area (TPSA) is 88.3 Å². The number of likely N-dealkylation sites (tertiary alicyclic amines) is 1. The van der Waals surface area contributed by atoms with Crippen molar-refractivity contribution in [1.82, 2.24) is 19.9 Å². The van der Waals surface area contributed by atoms with Crippen LogP contribution >= 0.6 is 0 Å². The highest BCUT2D eigenvalue weighted by Crippen LogP contribution is 2.21. The second-order valence-corrected chi connectivity index (χ2v) is 6.02. The highest BCUT2D eigenvalue weighted by molar-refractivity contribution is 5.79. The van der Waals surface area contributed by atoms with Crippen molar-refractivity contribution in [3.05, 3.63) is 24.3 Å². The fourth-order valence-corrected chi connectivity index (χ4v) is 3.12. The molecule has 0 radical (unpaired) electrons. The predicted octanol–water partition coefficient (Wildman–Crippen LogP) is 1.53. The fourth-order valence-electron chi connectivity index (χ4n) is 3.12. The first kappa shape index (κ1) is 15.5. The van der Waals surface area contributed by atoms with Gasteiger partial charge in [0, 0.05) is 19.5 Å². The molecule has 1 saturated heterocycles. The number of carbonyl (C=O) groups is 2. The van der Waals surface area contributed by atoms with Crippen LogP contribution in [-0.4, -0.2) is 50.0 Å². The van der Waals surface area contributed by atoms with Crippen LogP contribution in [0.1, 0.15) is 25.7 Å². The Balaban J connectivity index is 1.62. The number of carboxylic acid groups (broad SMARTS) is 1. The molecular weight excluding hydrogens is 296 g/mol. The van der Waals surface area contributed by atoms with E-state index >= 15 is 0 Å². The van der Waals surface area contributed by atoms with Gasteiger partial charge in [0.1, 0.15) is 12.1 Å². The molecule has 0 saturated carbocycles. The molecule has 1 aliphatic rings. The average molecular weight is 316 g/mol. The first-order chi connectivity index (χ1) is 11.1. The lowest BCUT2D eigenvalue weighted by molar-refractivity contribution is -0.137. The number of piperidine rings is 1. The highest BCUT2D eigenvalue weighted by Gasteiger charge is 2.24. The third-order valence-electron chi connectivity index (χ3n) is 4.34. The molecular formula is C16H20N4O3. The summed E-state index contributed by atoms with van der Waals surface area (Å²) in [5, 5.41) is 16.9. The smallest absolute Gasteiger partial charge is 0.303 e. The minimum absolute atomic E-state index is 0.0145. The van der Waals surface area contributed by atoms with Gasteiger partial charge in [0.05, 0.1) is 5.52 Å². The summed E-state index contributed by atoms with van der Waals surface area (Å²) in [7, 11) is 0. The zero-order valence-corrected chi connectivity index (χ0v) is 12.9. The number of hydrogen-bond acceptors (Lipinski definition) is 4. The lowest BCUT2D eigenvalue weighted by Gasteiger charge is -2.32. The van der Waals surface area contributed by atoms with E-state index < -0.39 is 5.97 Å². The van der Waals surface area contributed by atoms with Crippen LogP contribution in [0.4, 0.5) is 0 Å². The van der Waals surface area contributed by atoms with Gasteiger partial charge >= 0.3 is 5.97 Å². The third kappa shape index (κ3) is 3.67. The number of para-hydroxylation sites is 1. The number of carbonyl (C=O) groups excluding carboxylic acids is 1. The number of aliphatic carboxylic acids is 1. The van der Waals surface area contributed by atoms with Gasteiger partial charge in [-0.3, -0.25) is 9.59 Å². The van der Waals surface area contributed by atoms with Gasteiger partial charge in [-0.2, -0.15) is 0 Å². The molecule has 1 aromatic heterocycles. The van der Waals surface area contributed by atoms with Gasteiger partial charge in [-0.25, -0.2) is 4.68 Å². The number of fused-ring (bicyclic) bond motifs is 1. The summed E-state index contributed by atoms with van der Waals surface area (Å²) in [5.41, 5.74) is 1.62. The molecule has 1 fully saturated rings. The van der Waals surface area contributed by atoms with Crippen molar-refractivity contribution in [2.45, 2.75) is 32.2 Å². The largest absolute Gasteiger partial charge is 0.481 e. The molecule has 1 aromatic carbocycles. The second-order valence-electron chi connectivity index (χ2n) is 6.02. The van der Waals surface area contributed by atoms with E-state index in [0.717, 1.165) is 30.4 Å². The molecule has 7 heteroatoms. The molecule has 2 heterocycles. The van der Waals surface area contributed by atoms with Crippen LogP contribution in [-0.2, 0) is 16.1 Å². The van der Waals surface area contributed by atoms with Crippen LogP contribution in [0.25, 0.3) is 11.0 Å². The normalized spacial score (nSPS) is 18.3. The van der Waals surface area contributed by atoms with Gasteiger partial charge in [0.2, 0.25) is 5.91 Å². The number of benzene rings is 1. The maximum atomic E-state index is 12.5. The number of amides is 1. The van der Waals surface area contributed by atoms with Crippen molar-refractivity contribution in [2.24, 2.45) is 5.92 Å². The average Bonchev–Trinajstić information content (AvgIpc) is 2.96. The van der Waals surface area contributed by atoms with Crippen molar-refractivity contribution in [3.8, 4) is 0 Å². The monoisotopic (exact) mass is 316 g/mol. The van der Waals surface area contributed by atoms with Crippen molar-refractivity contribution in [2.75, 3.05) is 13.1 Å². The SMILES string of the molecule is O=C(O)CC[C@@H]1CCCN(C(=O)Cn2nnc3ccccc32)C1. The third-order valence-corrected chi connectivity index (χ3v) is 4.34. The van der Waals surface area contributed by atoms with Crippen molar-refractivity contribution < 1.29 is 14.7 Å². The molecule has 2 aromatic rings. The Morgan fingerprint density at radius 2 is 2.13 bits per heavy atom. The molecule has 0 aliphatic carbocycles. The van der Waals surface area contributed by atoms with E-state index in [2.05, 4.69) is 10.3 Å². The summed E-state index contributed by atoms with van der Waals surface area (Å²) in [5.74, 6) is -0.487. The van der Waals surface area contributed by atoms with Crippen LogP contribution in [0, 0.1) is 5.92 Å². The Hall–Kier alpha value is -2.44. The first-order valence-electron chi connectivity index (χ1n) is 7.91. The molecule has 0 bridgehead atoms. The van der Waals surface area contributed by atoms with Crippen LogP contribution < -0.4 is 0 Å². The van der Waals surface area contributed by atoms with E-state index in [1.54, 1.807) is 4.68 Å². The summed E-state index contributed by atoms with van der Waals surface area (Å²) in [6.45, 7) is 1.54. The number of rotatable bonds is 5. The minimum atomic E-state index is -0.775. The summed E-state index contributed by atoms with van der Waals surface area (Å²) in [6, 6.07) is 7.55. The predicted molar refractivity (Wildman–Crippen MR) is 83.7 cm³/mol. The maximum Gasteiger partial charge on any atom is 0.303 e. The van der Waals surface area contributed by atoms with E-state index in [1.807, 2.05) is 29.2 Å². The Morgan fingerprint density at radius 1 is 1.30 bits per heavy atom. The van der Waals surface area contributed by atoms with Crippen molar-refractivity contribution in [1.29, 1.82) is 0 Å². The van der Waals surface area contributed by atoms with Crippen LogP contribution in [0.2, 0.25) is 0 Å². The number of nitrogens with zero attached hydrogens (tertiary/aromatic N) is 4. The van der Waals surface area contributed by atoms with Gasteiger partial charge in [-0.15, -0.1) is 5.10 Å². The molecule has 1 aliphatic heterocycles. The lowest BCUT2D eigenvalue weighted by Crippen LogP contribution is -2.41. The van der Waals surface area contributed by atoms with Crippen LogP contribution in [0.5, 0.6) is 0 Å². The molecule has 0 unspecified atom stereocenters. The number of carboxylic acids is 1. The zero-order valence-electron chi connectivity index (χ0n) is 12.9. The fraction of sp³-hybridized carbons (Fsp3) is 0.500. The Labute approximate surface area is 133 Å². The molecule has 1 atom stereocenters. The second kappa shape index (κ2) is 6.76. The lowest BCUT2D eigenvalue weighted by atomic mass is 9.93.